The lowest BCUT2D eigenvalue weighted by molar-refractivity contribution is -0.143. The van der Waals surface area contributed by atoms with E-state index in [1.165, 1.54) is 12.8 Å². The van der Waals surface area contributed by atoms with E-state index in [-0.39, 0.29) is 18.0 Å². The Morgan fingerprint density at radius 1 is 1.33 bits per heavy atom. The second-order valence-electron chi connectivity index (χ2n) is 5.46. The summed E-state index contributed by atoms with van der Waals surface area (Å²) in [7, 11) is 0. The molecule has 0 N–H and O–H groups in total. The molecule has 0 aromatic heterocycles. The third-order valence-electron chi connectivity index (χ3n) is 4.72. The summed E-state index contributed by atoms with van der Waals surface area (Å²) in [5.41, 5.74) is 1.15. The zero-order valence-electron chi connectivity index (χ0n) is 9.24. The van der Waals surface area contributed by atoms with Crippen LogP contribution < -0.4 is 0 Å². The third-order valence-corrected chi connectivity index (χ3v) is 4.72. The molecule has 1 saturated heterocycles. The van der Waals surface area contributed by atoms with Gasteiger partial charge in [-0.05, 0) is 43.1 Å². The first kappa shape index (κ1) is 9.44. The lowest BCUT2D eigenvalue weighted by atomic mass is 9.61. The Balaban J connectivity index is 1.96. The van der Waals surface area contributed by atoms with Crippen LogP contribution in [0.2, 0.25) is 0 Å². The van der Waals surface area contributed by atoms with Gasteiger partial charge in [-0.1, -0.05) is 13.5 Å². The van der Waals surface area contributed by atoms with Crippen molar-refractivity contribution in [3.8, 4) is 0 Å². The monoisotopic (exact) mass is 206 g/mol. The predicted molar refractivity (Wildman–Crippen MR) is 57.1 cm³/mol. The maximum absolute atomic E-state index is 11.7. The van der Waals surface area contributed by atoms with E-state index in [1.807, 2.05) is 0 Å². The molecule has 82 valence electrons. The molecule has 3 fully saturated rings. The fourth-order valence-corrected chi connectivity index (χ4v) is 3.86. The molecule has 0 aromatic rings. The molecule has 1 aliphatic heterocycles. The van der Waals surface area contributed by atoms with Crippen LogP contribution in [0.15, 0.2) is 12.2 Å². The number of esters is 1. The van der Waals surface area contributed by atoms with Crippen LogP contribution in [-0.2, 0) is 9.53 Å². The van der Waals surface area contributed by atoms with E-state index >= 15 is 0 Å². The standard InChI is InChI=1S/C13H18O2/c1-7-3-6-10-11-9(7)5-4-8(2)12(11)15-13(10)14/h7,9-12H,2-6H2,1H3. The van der Waals surface area contributed by atoms with Crippen molar-refractivity contribution >= 4 is 5.97 Å². The Labute approximate surface area is 90.7 Å². The molecule has 1 heterocycles. The van der Waals surface area contributed by atoms with Gasteiger partial charge in [-0.25, -0.2) is 0 Å². The van der Waals surface area contributed by atoms with Crippen molar-refractivity contribution in [3.05, 3.63) is 12.2 Å². The van der Waals surface area contributed by atoms with Crippen molar-refractivity contribution in [1.29, 1.82) is 0 Å². The maximum atomic E-state index is 11.7. The fraction of sp³-hybridized carbons (Fsp3) is 0.769. The molecule has 3 rings (SSSR count). The van der Waals surface area contributed by atoms with Crippen molar-refractivity contribution in [2.45, 2.75) is 38.7 Å². The summed E-state index contributed by atoms with van der Waals surface area (Å²) in [6.07, 6.45) is 4.55. The lowest BCUT2D eigenvalue weighted by Crippen LogP contribution is -2.40. The van der Waals surface area contributed by atoms with Gasteiger partial charge in [-0.3, -0.25) is 4.79 Å². The average molecular weight is 206 g/mol. The predicted octanol–water partition coefficient (Wildman–Crippen LogP) is 2.54. The summed E-state index contributed by atoms with van der Waals surface area (Å²) < 4.78 is 5.50. The van der Waals surface area contributed by atoms with Gasteiger partial charge >= 0.3 is 5.97 Å². The fourth-order valence-electron chi connectivity index (χ4n) is 3.86. The molecule has 0 bridgehead atoms. The van der Waals surface area contributed by atoms with Crippen LogP contribution in [0.3, 0.4) is 0 Å². The molecule has 5 atom stereocenters. The molecule has 2 aliphatic carbocycles. The molecule has 5 unspecified atom stereocenters. The van der Waals surface area contributed by atoms with E-state index in [4.69, 9.17) is 4.74 Å². The number of hydrogen-bond acceptors (Lipinski definition) is 2. The first-order chi connectivity index (χ1) is 7.18. The minimum Gasteiger partial charge on any atom is -0.457 e. The van der Waals surface area contributed by atoms with Gasteiger partial charge in [0.2, 0.25) is 0 Å². The highest BCUT2D eigenvalue weighted by Crippen LogP contribution is 2.52. The Morgan fingerprint density at radius 2 is 2.13 bits per heavy atom. The molecule has 0 aromatic carbocycles. The van der Waals surface area contributed by atoms with Gasteiger partial charge in [0.05, 0.1) is 5.92 Å². The lowest BCUT2D eigenvalue weighted by Gasteiger charge is -2.42. The van der Waals surface area contributed by atoms with Gasteiger partial charge in [0, 0.05) is 5.92 Å². The van der Waals surface area contributed by atoms with Crippen molar-refractivity contribution in [3.63, 3.8) is 0 Å². The van der Waals surface area contributed by atoms with E-state index in [1.54, 1.807) is 0 Å². The first-order valence-electron chi connectivity index (χ1n) is 6.06. The number of hydrogen-bond donors (Lipinski definition) is 0. The van der Waals surface area contributed by atoms with Crippen molar-refractivity contribution in [1.82, 2.24) is 0 Å². The van der Waals surface area contributed by atoms with Crippen LogP contribution in [0.1, 0.15) is 32.6 Å². The number of carbonyl (C=O) groups excluding carboxylic acids is 1. The summed E-state index contributed by atoms with van der Waals surface area (Å²) in [4.78, 5) is 11.7. The normalized spacial score (nSPS) is 48.7. The number of carbonyl (C=O) groups is 1. The molecule has 3 aliphatic rings. The van der Waals surface area contributed by atoms with Crippen molar-refractivity contribution < 1.29 is 9.53 Å². The molecule has 2 heteroatoms. The largest absolute Gasteiger partial charge is 0.457 e. The Hall–Kier alpha value is -0.790. The smallest absolute Gasteiger partial charge is 0.309 e. The van der Waals surface area contributed by atoms with Crippen LogP contribution in [-0.4, -0.2) is 12.1 Å². The second-order valence-corrected chi connectivity index (χ2v) is 5.46. The third kappa shape index (κ3) is 1.20. The van der Waals surface area contributed by atoms with Gasteiger partial charge in [-0.2, -0.15) is 0 Å². The molecule has 2 nitrogen and oxygen atoms in total. The van der Waals surface area contributed by atoms with Crippen LogP contribution in [0.25, 0.3) is 0 Å². The zero-order chi connectivity index (χ0) is 10.6. The molecule has 0 spiro atoms. The molecular formula is C13H18O2. The van der Waals surface area contributed by atoms with E-state index in [9.17, 15) is 4.79 Å². The van der Waals surface area contributed by atoms with Gasteiger partial charge in [0.15, 0.2) is 0 Å². The van der Waals surface area contributed by atoms with Crippen LogP contribution in [0.4, 0.5) is 0 Å². The van der Waals surface area contributed by atoms with Gasteiger partial charge < -0.3 is 4.74 Å². The van der Waals surface area contributed by atoms with E-state index in [0.29, 0.717) is 11.8 Å². The minimum atomic E-state index is 0.0463. The summed E-state index contributed by atoms with van der Waals surface area (Å²) >= 11 is 0. The van der Waals surface area contributed by atoms with Crippen LogP contribution in [0, 0.1) is 23.7 Å². The Kier molecular flexibility index (Phi) is 1.95. The summed E-state index contributed by atoms with van der Waals surface area (Å²) in [5, 5.41) is 0. The van der Waals surface area contributed by atoms with E-state index in [2.05, 4.69) is 13.5 Å². The molecule has 0 amide bonds. The number of ether oxygens (including phenoxy) is 1. The quantitative estimate of drug-likeness (QED) is 0.449. The Bertz CT molecular complexity index is 320. The van der Waals surface area contributed by atoms with Gasteiger partial charge in [0.25, 0.3) is 0 Å². The maximum Gasteiger partial charge on any atom is 0.309 e. The molecule has 15 heavy (non-hydrogen) atoms. The topological polar surface area (TPSA) is 26.3 Å². The Morgan fingerprint density at radius 3 is 2.93 bits per heavy atom. The highest BCUT2D eigenvalue weighted by atomic mass is 16.6. The summed E-state index contributed by atoms with van der Waals surface area (Å²) in [6.45, 7) is 6.39. The van der Waals surface area contributed by atoms with Crippen molar-refractivity contribution in [2.75, 3.05) is 0 Å². The number of rotatable bonds is 0. The summed E-state index contributed by atoms with van der Waals surface area (Å²) in [6, 6.07) is 0. The SMILES string of the molecule is C=C1CCC2C(C)CCC3C(=O)OC1C32. The molecule has 0 radical (unpaired) electrons. The van der Waals surface area contributed by atoms with Gasteiger partial charge in [0.1, 0.15) is 6.10 Å². The highest BCUT2D eigenvalue weighted by molar-refractivity contribution is 5.76. The minimum absolute atomic E-state index is 0.0463. The van der Waals surface area contributed by atoms with E-state index < -0.39 is 0 Å². The molecular weight excluding hydrogens is 188 g/mol. The van der Waals surface area contributed by atoms with Crippen LogP contribution >= 0.6 is 0 Å². The summed E-state index contributed by atoms with van der Waals surface area (Å²) in [5.74, 6) is 2.16. The van der Waals surface area contributed by atoms with Crippen molar-refractivity contribution in [2.24, 2.45) is 23.7 Å². The van der Waals surface area contributed by atoms with E-state index in [0.717, 1.165) is 24.3 Å². The first-order valence-corrected chi connectivity index (χ1v) is 6.06. The zero-order valence-corrected chi connectivity index (χ0v) is 9.24. The van der Waals surface area contributed by atoms with Gasteiger partial charge in [-0.15, -0.1) is 0 Å². The highest BCUT2D eigenvalue weighted by Gasteiger charge is 2.54. The second kappa shape index (κ2) is 3.10. The molecule has 2 saturated carbocycles. The van der Waals surface area contributed by atoms with Crippen LogP contribution in [0.5, 0.6) is 0 Å². The average Bonchev–Trinajstić information content (AvgIpc) is 2.54.